The molecule has 132 heavy (non-hydrogen) atoms. The molecule has 3 radical (unpaired) electrons. The molecule has 3 spiro atoms. The van der Waals surface area contributed by atoms with Gasteiger partial charge in [0.25, 0.3) is 0 Å². The van der Waals surface area contributed by atoms with E-state index in [4.69, 9.17) is 72.5 Å². The number of carbonyl (C=O) groups excluding carboxylic acids is 9. The average Bonchev–Trinajstić information content (AvgIpc) is 1.58. The van der Waals surface area contributed by atoms with E-state index in [1.807, 2.05) is 145 Å². The predicted octanol–water partition coefficient (Wildman–Crippen LogP) is 14.6. The molecule has 30 nitrogen and oxygen atoms in total. The maximum absolute atomic E-state index is 14.1. The van der Waals surface area contributed by atoms with Gasteiger partial charge < -0.3 is 87.7 Å². The third-order valence-electron chi connectivity index (χ3n) is 30.2. The summed E-state index contributed by atoms with van der Waals surface area (Å²) in [5, 5.41) is 8.54. The van der Waals surface area contributed by atoms with E-state index < -0.39 is 94.7 Å². The third kappa shape index (κ3) is 21.3. The van der Waals surface area contributed by atoms with Gasteiger partial charge in [0.2, 0.25) is 35.4 Å². The Hall–Kier alpha value is -8.54. The van der Waals surface area contributed by atoms with E-state index in [2.05, 4.69) is 34.8 Å². The van der Waals surface area contributed by atoms with Crippen molar-refractivity contribution in [2.45, 2.75) is 326 Å². The van der Waals surface area contributed by atoms with E-state index in [0.717, 1.165) is 181 Å². The van der Waals surface area contributed by atoms with Crippen LogP contribution in [0.1, 0.15) is 255 Å². The van der Waals surface area contributed by atoms with Crippen molar-refractivity contribution >= 4 is 88.0 Å². The number of nitrogens with zero attached hydrogens (tertiary/aromatic N) is 9. The van der Waals surface area contributed by atoms with E-state index in [1.54, 1.807) is 21.3 Å². The molecule has 0 unspecified atom stereocenters. The SMILES string of the molecule is COc1ccc2nc3c(nc2c1)O[C@H]1CN(C(=O)[C@H](C(C)(C)C)NC(=O)O[C@@H]2CCC[C@H]2CCCCC32CC2)[C@H]([C-]=O)[C@@H]1C.COc1ccc2nc3c(nc2c1)O[C@H]1CN(C(=O)[C@H](C(C)(C)C)NC(=O)O[C@@H]2C[C@H]2CCCCC32CC2)[C@H]([C-]=O)[C@@H]1C.COc1ccc2nc3c(nc2c1)O[C@H]1CN(C(=O)[C@H](C(C)(C)C)NC(=O)O[C@]2(C)C[C@H]2CCCCC32CC2)[C@H]([C-]=O)[C@@H]1C.[V].[V].[V]. The van der Waals surface area contributed by atoms with Crippen LogP contribution in [-0.4, -0.2) is 213 Å². The number of ether oxygens (including phenoxy) is 9. The summed E-state index contributed by atoms with van der Waals surface area (Å²) < 4.78 is 53.8. The summed E-state index contributed by atoms with van der Waals surface area (Å²) in [4.78, 5) is 153. The van der Waals surface area contributed by atoms with Crippen LogP contribution in [0.3, 0.4) is 0 Å². The zero-order chi connectivity index (χ0) is 91.8. The number of hydrogen-bond acceptors (Lipinski definition) is 24. The summed E-state index contributed by atoms with van der Waals surface area (Å²) in [5.41, 5.74) is 4.17. The number of rotatable bonds is 6. The van der Waals surface area contributed by atoms with E-state index in [-0.39, 0.29) is 139 Å². The van der Waals surface area contributed by atoms with Gasteiger partial charge in [-0.25, -0.2) is 63.1 Å². The Bertz CT molecular complexity index is 5270. The molecular weight excluding hydrogens is 1800 g/mol. The fourth-order valence-electron chi connectivity index (χ4n) is 21.0. The number of methoxy groups -OCH3 is 3. The molecule has 6 aliphatic heterocycles. The quantitative estimate of drug-likeness (QED) is 0.103. The van der Waals surface area contributed by atoms with E-state index in [9.17, 15) is 43.2 Å². The summed E-state index contributed by atoms with van der Waals surface area (Å²) >= 11 is 0. The number of hydrogen-bond donors (Lipinski definition) is 3. The molecule has 3 aromatic carbocycles. The van der Waals surface area contributed by atoms with Crippen molar-refractivity contribution in [1.29, 1.82) is 0 Å². The smallest absolute Gasteiger partial charge is 0.408 e. The Morgan fingerprint density at radius 2 is 0.712 bits per heavy atom. The van der Waals surface area contributed by atoms with Gasteiger partial charge in [-0.3, -0.25) is 14.4 Å². The Morgan fingerprint density at radius 1 is 0.386 bits per heavy atom. The molecule has 9 fully saturated rings. The van der Waals surface area contributed by atoms with Crippen molar-refractivity contribution in [3.8, 4) is 34.9 Å². The molecule has 3 aromatic heterocycles. The standard InChI is InChI=1S/C34H45N4O6.C33H43N4O6.C32H41N4O6.3V/c1-20-25(19-39)38-18-27(20)43-30-28(35-23-13-12-22(42-5)17-24(23)36-30)34(15-16-34)14-7-6-9-21-10-8-11-26(21)44-32(41)37-29(31(38)40)33(2,3)4;1-19-24(18-38)37-17-25(19)42-28-26(34-22-11-10-21(41-6)15-23(22)35-28)33(13-14-33)12-8-7-9-20-16-32(20,5)43-30(40)36-27(29(37)39)31(2,3)4;1-18-23(17-37)36-16-25(18)41-28-26(33-21-10-9-20(40-5)15-22(21)34-28)32(12-13-32)11-7-6-8-19-14-24(19)42-30(39)35-27(29(36)38)31(2,3)4;;;/h12-13,17,20-21,25-27,29H,6-11,14-16,18H2,1-5H3,(H,37,41);10-11,15,19-20,24-25,27H,7-9,12-14,16-17H2,1-6H3,(H,36,40);9-10,15,18-19,23-25,27H,6-8,11-14,16H2,1-5H3,(H,35,39);;;/q3*-1;;;/t20-,21+,25+,26+,27-,29+;19-,20+,24+,25-,27+,32+;18-,19+,23+,24+,25-,27+;;;/m000.../s1. The van der Waals surface area contributed by atoms with Gasteiger partial charge in [0.1, 0.15) is 88.6 Å². The second kappa shape index (κ2) is 40.0. The molecule has 711 valence electrons. The van der Waals surface area contributed by atoms with Crippen molar-refractivity contribution in [1.82, 2.24) is 60.6 Å². The maximum atomic E-state index is 14.1. The van der Waals surface area contributed by atoms with Gasteiger partial charge in [-0.05, 0) is 198 Å². The second-order valence-corrected chi connectivity index (χ2v) is 42.5. The summed E-state index contributed by atoms with van der Waals surface area (Å²) in [6.45, 7) is 25.1. The van der Waals surface area contributed by atoms with Crippen LogP contribution in [0.25, 0.3) is 33.1 Å². The second-order valence-electron chi connectivity index (χ2n) is 42.5. The van der Waals surface area contributed by atoms with Crippen LogP contribution < -0.4 is 44.4 Å². The van der Waals surface area contributed by atoms with Crippen LogP contribution in [0.5, 0.6) is 34.9 Å². The summed E-state index contributed by atoms with van der Waals surface area (Å²) in [6.07, 6.45) is 25.3. The predicted molar refractivity (Wildman–Crippen MR) is 479 cm³/mol. The van der Waals surface area contributed by atoms with Crippen LogP contribution in [0, 0.1) is 51.8 Å². The minimum Gasteiger partial charge on any atom is -0.540 e. The van der Waals surface area contributed by atoms with Crippen molar-refractivity contribution in [3.05, 3.63) is 71.7 Å². The molecule has 6 amide bonds. The molecule has 12 aliphatic rings. The topological polar surface area (TPSA) is 360 Å². The van der Waals surface area contributed by atoms with E-state index >= 15 is 0 Å². The fraction of sp³-hybridized carbons (Fsp3) is 0.667. The first-order valence-electron chi connectivity index (χ1n) is 47.0. The summed E-state index contributed by atoms with van der Waals surface area (Å²) in [6, 6.07) is 11.8. The van der Waals surface area contributed by atoms with E-state index in [0.29, 0.717) is 69.2 Å². The monoisotopic (exact) mass is 1930 g/mol. The number of carbonyl (C=O) groups is 6. The zero-order valence-corrected chi connectivity index (χ0v) is 83.3. The number of alkyl carbamates (subject to hydrolysis) is 3. The molecule has 6 aliphatic carbocycles. The van der Waals surface area contributed by atoms with Crippen molar-refractivity contribution < 1.29 is 141 Å². The largest absolute Gasteiger partial charge is 0.540 e. The summed E-state index contributed by atoms with van der Waals surface area (Å²) in [7, 11) is 4.85. The van der Waals surface area contributed by atoms with Crippen LogP contribution >= 0.6 is 0 Å². The molecule has 33 heteroatoms. The Kier molecular flexibility index (Phi) is 30.6. The van der Waals surface area contributed by atoms with Gasteiger partial charge in [0.05, 0.1) is 74.1 Å². The fourth-order valence-corrected chi connectivity index (χ4v) is 21.0. The molecule has 3 N–H and O–H groups in total. The third-order valence-corrected chi connectivity index (χ3v) is 30.2. The van der Waals surface area contributed by atoms with Gasteiger partial charge in [-0.15, -0.1) is 0 Å². The molecule has 6 bridgehead atoms. The number of nitrogens with one attached hydrogen (secondary N) is 3. The van der Waals surface area contributed by atoms with Crippen LogP contribution in [0.15, 0.2) is 54.6 Å². The Balaban J connectivity index is 0.000000166. The normalized spacial score (nSPS) is 30.7. The van der Waals surface area contributed by atoms with E-state index in [1.165, 1.54) is 14.7 Å². The summed E-state index contributed by atoms with van der Waals surface area (Å²) in [5.74, 6) is 2.24. The van der Waals surface area contributed by atoms with Crippen LogP contribution in [0.4, 0.5) is 14.4 Å². The molecule has 9 heterocycles. The maximum Gasteiger partial charge on any atom is 0.408 e. The van der Waals surface area contributed by atoms with Crippen molar-refractivity contribution in [3.63, 3.8) is 0 Å². The molecule has 6 aromatic rings. The Labute approximate surface area is 810 Å². The van der Waals surface area contributed by atoms with Gasteiger partial charge in [-0.2, -0.15) is 0 Å². The van der Waals surface area contributed by atoms with Gasteiger partial charge >= 0.3 is 18.3 Å². The molecular formula is C99H129N12O18V3-3. The number of fused-ring (bicyclic) bond motifs is 18. The number of aromatic nitrogens is 6. The average molecular weight is 1930 g/mol. The van der Waals surface area contributed by atoms with Crippen molar-refractivity contribution in [2.24, 2.45) is 51.8 Å². The van der Waals surface area contributed by atoms with Gasteiger partial charge in [0.15, 0.2) is 0 Å². The molecule has 6 saturated carbocycles. The first kappa shape index (κ1) is 101. The number of benzene rings is 3. The molecule has 18 rings (SSSR count). The minimum absolute atomic E-state index is 0. The van der Waals surface area contributed by atoms with Crippen LogP contribution in [-0.2, 0) is 115 Å². The van der Waals surface area contributed by atoms with Gasteiger partial charge in [-0.1, -0.05) is 140 Å². The van der Waals surface area contributed by atoms with Gasteiger partial charge in [0, 0.05) is 96.0 Å². The zero-order valence-electron chi connectivity index (χ0n) is 79.1. The minimum atomic E-state index is -0.903. The first-order chi connectivity index (χ1) is 61.4. The van der Waals surface area contributed by atoms with Crippen LogP contribution in [0.2, 0.25) is 0 Å². The van der Waals surface area contributed by atoms with Crippen molar-refractivity contribution in [2.75, 3.05) is 41.0 Å². The molecule has 3 saturated heterocycles. The number of amides is 6. The Morgan fingerprint density at radius 3 is 1.05 bits per heavy atom. The first-order valence-corrected chi connectivity index (χ1v) is 47.0. The molecule has 18 atom stereocenters.